The number of nitrogens with zero attached hydrogens (tertiary/aromatic N) is 1. The molecule has 2 unspecified atom stereocenters. The van der Waals surface area contributed by atoms with E-state index in [0.717, 1.165) is 18.4 Å². The van der Waals surface area contributed by atoms with Crippen molar-refractivity contribution in [2.75, 3.05) is 20.3 Å². The summed E-state index contributed by atoms with van der Waals surface area (Å²) in [5.41, 5.74) is 2.53. The fourth-order valence-electron chi connectivity index (χ4n) is 4.39. The first-order chi connectivity index (χ1) is 15.4. The number of amides is 1. The van der Waals surface area contributed by atoms with E-state index in [1.54, 1.807) is 36.3 Å². The number of hydrogen-bond acceptors (Lipinski definition) is 5. The molecule has 6 heteroatoms. The number of hydrogen-bond donors (Lipinski definition) is 1. The molecule has 2 aromatic carbocycles. The monoisotopic (exact) mass is 435 g/mol. The highest BCUT2D eigenvalue weighted by molar-refractivity contribution is 6.46. The minimum Gasteiger partial charge on any atom is -0.507 e. The number of Topliss-reactive ketones (excluding diaryl/α,β-unsaturated/α-hetero) is 1. The maximum atomic E-state index is 13.1. The van der Waals surface area contributed by atoms with Gasteiger partial charge in [0.25, 0.3) is 11.7 Å². The molecule has 2 atom stereocenters. The van der Waals surface area contributed by atoms with Gasteiger partial charge in [-0.05, 0) is 54.2 Å². The van der Waals surface area contributed by atoms with Gasteiger partial charge in [0.2, 0.25) is 0 Å². The number of rotatable bonds is 6. The number of carbonyl (C=O) groups is 2. The Hall–Kier alpha value is -3.12. The molecule has 2 fully saturated rings. The Morgan fingerprint density at radius 1 is 1.12 bits per heavy atom. The molecule has 168 valence electrons. The van der Waals surface area contributed by atoms with Crippen molar-refractivity contribution < 1.29 is 24.2 Å². The lowest BCUT2D eigenvalue weighted by Crippen LogP contribution is -2.36. The summed E-state index contributed by atoms with van der Waals surface area (Å²) in [4.78, 5) is 27.7. The smallest absolute Gasteiger partial charge is 0.295 e. The largest absolute Gasteiger partial charge is 0.507 e. The number of aliphatic hydroxyl groups excluding tert-OH is 1. The molecule has 0 radical (unpaired) electrons. The Kier molecular flexibility index (Phi) is 6.33. The van der Waals surface area contributed by atoms with Gasteiger partial charge in [-0.25, -0.2) is 0 Å². The average molecular weight is 436 g/mol. The molecule has 2 aliphatic heterocycles. The van der Waals surface area contributed by atoms with Gasteiger partial charge in [-0.1, -0.05) is 38.1 Å². The van der Waals surface area contributed by atoms with Crippen LogP contribution in [0.25, 0.3) is 5.76 Å². The van der Waals surface area contributed by atoms with E-state index in [1.165, 1.54) is 5.56 Å². The van der Waals surface area contributed by atoms with E-state index in [1.807, 2.05) is 24.3 Å². The highest BCUT2D eigenvalue weighted by atomic mass is 16.5. The van der Waals surface area contributed by atoms with Crippen molar-refractivity contribution in [2.24, 2.45) is 0 Å². The first kappa shape index (κ1) is 22.1. The fourth-order valence-corrected chi connectivity index (χ4v) is 4.39. The topological polar surface area (TPSA) is 76.1 Å². The lowest BCUT2D eigenvalue weighted by molar-refractivity contribution is -0.140. The predicted octanol–water partition coefficient (Wildman–Crippen LogP) is 4.42. The van der Waals surface area contributed by atoms with Gasteiger partial charge in [0.15, 0.2) is 0 Å². The SMILES string of the molecule is COc1ccc(C(O)=C2C(=O)C(=O)N(CC3CCCO3)C2c2ccc(C(C)C)cc2)cc1. The summed E-state index contributed by atoms with van der Waals surface area (Å²) >= 11 is 0. The van der Waals surface area contributed by atoms with E-state index in [-0.39, 0.29) is 17.4 Å². The molecule has 0 spiro atoms. The summed E-state index contributed by atoms with van der Waals surface area (Å²) < 4.78 is 10.9. The second-order valence-electron chi connectivity index (χ2n) is 8.64. The molecule has 0 aromatic heterocycles. The third kappa shape index (κ3) is 4.15. The van der Waals surface area contributed by atoms with Crippen molar-refractivity contribution in [1.29, 1.82) is 0 Å². The molecule has 0 saturated carbocycles. The first-order valence-electron chi connectivity index (χ1n) is 11.0. The Labute approximate surface area is 188 Å². The number of benzene rings is 2. The molecule has 1 amide bonds. The van der Waals surface area contributed by atoms with Crippen LogP contribution in [0.1, 0.15) is 55.3 Å². The van der Waals surface area contributed by atoms with E-state index in [0.29, 0.717) is 30.4 Å². The quantitative estimate of drug-likeness (QED) is 0.413. The van der Waals surface area contributed by atoms with Crippen LogP contribution in [0.5, 0.6) is 5.75 Å². The van der Waals surface area contributed by atoms with E-state index in [4.69, 9.17) is 9.47 Å². The van der Waals surface area contributed by atoms with E-state index in [9.17, 15) is 14.7 Å². The zero-order valence-electron chi connectivity index (χ0n) is 18.7. The van der Waals surface area contributed by atoms with E-state index in [2.05, 4.69) is 13.8 Å². The molecule has 2 saturated heterocycles. The van der Waals surface area contributed by atoms with E-state index < -0.39 is 17.7 Å². The lowest BCUT2D eigenvalue weighted by atomic mass is 9.93. The zero-order valence-corrected chi connectivity index (χ0v) is 18.7. The molecule has 2 heterocycles. The van der Waals surface area contributed by atoms with Gasteiger partial charge in [0.1, 0.15) is 11.5 Å². The fraction of sp³-hybridized carbons (Fsp3) is 0.385. The van der Waals surface area contributed by atoms with Crippen molar-refractivity contribution in [3.8, 4) is 5.75 Å². The number of carbonyl (C=O) groups excluding carboxylic acids is 2. The van der Waals surface area contributed by atoms with Crippen LogP contribution in [-0.2, 0) is 14.3 Å². The van der Waals surface area contributed by atoms with Crippen molar-refractivity contribution >= 4 is 17.4 Å². The van der Waals surface area contributed by atoms with Crippen molar-refractivity contribution in [2.45, 2.75) is 44.8 Å². The number of likely N-dealkylation sites (tertiary alicyclic amines) is 1. The molecule has 0 bridgehead atoms. The maximum absolute atomic E-state index is 13.1. The van der Waals surface area contributed by atoms with Crippen LogP contribution >= 0.6 is 0 Å². The molecular weight excluding hydrogens is 406 g/mol. The van der Waals surface area contributed by atoms with E-state index >= 15 is 0 Å². The number of aliphatic hydroxyl groups is 1. The Morgan fingerprint density at radius 2 is 1.81 bits per heavy atom. The number of ether oxygens (including phenoxy) is 2. The van der Waals surface area contributed by atoms with Crippen LogP contribution in [0.4, 0.5) is 0 Å². The van der Waals surface area contributed by atoms with Gasteiger partial charge in [0.05, 0.1) is 24.8 Å². The summed E-state index contributed by atoms with van der Waals surface area (Å²) in [7, 11) is 1.56. The third-order valence-corrected chi connectivity index (χ3v) is 6.25. The van der Waals surface area contributed by atoms with Gasteiger partial charge in [-0.3, -0.25) is 9.59 Å². The molecule has 2 aliphatic rings. The summed E-state index contributed by atoms with van der Waals surface area (Å²) in [6.07, 6.45) is 1.68. The van der Waals surface area contributed by atoms with Gasteiger partial charge < -0.3 is 19.5 Å². The molecule has 1 N–H and O–H groups in total. The number of methoxy groups -OCH3 is 1. The minimum atomic E-state index is -0.672. The second kappa shape index (κ2) is 9.17. The van der Waals surface area contributed by atoms with Gasteiger partial charge in [0, 0.05) is 18.7 Å². The normalized spacial score (nSPS) is 22.7. The van der Waals surface area contributed by atoms with Gasteiger partial charge in [-0.2, -0.15) is 0 Å². The summed E-state index contributed by atoms with van der Waals surface area (Å²) in [5.74, 6) is -0.454. The molecule has 0 aliphatic carbocycles. The molecule has 6 nitrogen and oxygen atoms in total. The van der Waals surface area contributed by atoms with Gasteiger partial charge >= 0.3 is 0 Å². The van der Waals surface area contributed by atoms with Crippen LogP contribution in [0.3, 0.4) is 0 Å². The Balaban J connectivity index is 1.79. The average Bonchev–Trinajstić information content (AvgIpc) is 3.41. The Morgan fingerprint density at radius 3 is 2.38 bits per heavy atom. The van der Waals surface area contributed by atoms with Crippen molar-refractivity contribution in [3.63, 3.8) is 0 Å². The maximum Gasteiger partial charge on any atom is 0.295 e. The van der Waals surface area contributed by atoms with Crippen molar-refractivity contribution in [3.05, 3.63) is 70.8 Å². The molecule has 2 aromatic rings. The highest BCUT2D eigenvalue weighted by Crippen LogP contribution is 2.40. The Bertz CT molecular complexity index is 1020. The van der Waals surface area contributed by atoms with Crippen LogP contribution in [0.2, 0.25) is 0 Å². The molecular formula is C26H29NO5. The highest BCUT2D eigenvalue weighted by Gasteiger charge is 2.47. The summed E-state index contributed by atoms with van der Waals surface area (Å²) in [6, 6.07) is 14.0. The third-order valence-electron chi connectivity index (χ3n) is 6.25. The van der Waals surface area contributed by atoms with Crippen LogP contribution in [-0.4, -0.2) is 48.1 Å². The minimum absolute atomic E-state index is 0.105. The molecule has 32 heavy (non-hydrogen) atoms. The first-order valence-corrected chi connectivity index (χ1v) is 11.0. The lowest BCUT2D eigenvalue weighted by Gasteiger charge is -2.27. The summed E-state index contributed by atoms with van der Waals surface area (Å²) in [5, 5.41) is 11.1. The van der Waals surface area contributed by atoms with Gasteiger partial charge in [-0.15, -0.1) is 0 Å². The predicted molar refractivity (Wildman–Crippen MR) is 122 cm³/mol. The van der Waals surface area contributed by atoms with Crippen LogP contribution in [0.15, 0.2) is 54.1 Å². The van der Waals surface area contributed by atoms with Crippen molar-refractivity contribution in [1.82, 2.24) is 4.90 Å². The standard InChI is InChI=1S/C26H29NO5/c1-16(2)17-6-8-18(9-7-17)23-22(24(28)19-10-12-20(31-3)13-11-19)25(29)26(30)27(23)15-21-5-4-14-32-21/h6-13,16,21,23,28H,4-5,14-15H2,1-3H3. The second-order valence-corrected chi connectivity index (χ2v) is 8.64. The van der Waals surface area contributed by atoms with Crippen LogP contribution < -0.4 is 4.74 Å². The molecule has 4 rings (SSSR count). The zero-order chi connectivity index (χ0) is 22.8. The van der Waals surface area contributed by atoms with Crippen LogP contribution in [0, 0.1) is 0 Å². The number of ketones is 1. The summed E-state index contributed by atoms with van der Waals surface area (Å²) in [6.45, 7) is 5.21.